The highest BCUT2D eigenvalue weighted by Gasteiger charge is 2.02. The molecule has 4 heteroatoms. The SMILES string of the molecule is CN(CCCCCCl)Cc1ccc(Br)s1. The van der Waals surface area contributed by atoms with Gasteiger partial charge < -0.3 is 4.90 Å². The number of halogens is 2. The van der Waals surface area contributed by atoms with Crippen LogP contribution in [0.5, 0.6) is 0 Å². The lowest BCUT2D eigenvalue weighted by Crippen LogP contribution is -2.18. The van der Waals surface area contributed by atoms with Crippen molar-refractivity contribution >= 4 is 38.9 Å². The average molecular weight is 311 g/mol. The predicted molar refractivity (Wildman–Crippen MR) is 72.9 cm³/mol. The molecule has 0 atom stereocenters. The molecule has 1 aromatic heterocycles. The first-order valence-electron chi connectivity index (χ1n) is 5.21. The fourth-order valence-corrected chi connectivity index (χ4v) is 3.19. The molecule has 0 N–H and O–H groups in total. The first-order valence-corrected chi connectivity index (χ1v) is 7.35. The fraction of sp³-hybridized carbons (Fsp3) is 0.636. The summed E-state index contributed by atoms with van der Waals surface area (Å²) in [6.07, 6.45) is 3.62. The van der Waals surface area contributed by atoms with Gasteiger partial charge in [-0.25, -0.2) is 0 Å². The summed E-state index contributed by atoms with van der Waals surface area (Å²) in [5.74, 6) is 0.793. The second-order valence-electron chi connectivity index (χ2n) is 3.69. The van der Waals surface area contributed by atoms with Crippen LogP contribution in [0.15, 0.2) is 15.9 Å². The lowest BCUT2D eigenvalue weighted by Gasteiger charge is -2.14. The van der Waals surface area contributed by atoms with Crippen molar-refractivity contribution in [3.63, 3.8) is 0 Å². The number of hydrogen-bond donors (Lipinski definition) is 0. The average Bonchev–Trinajstić information content (AvgIpc) is 2.59. The van der Waals surface area contributed by atoms with Crippen molar-refractivity contribution in [2.24, 2.45) is 0 Å². The van der Waals surface area contributed by atoms with Gasteiger partial charge in [-0.3, -0.25) is 0 Å². The quantitative estimate of drug-likeness (QED) is 0.534. The zero-order valence-corrected chi connectivity index (χ0v) is 12.2. The third-order valence-electron chi connectivity index (χ3n) is 2.23. The molecule has 15 heavy (non-hydrogen) atoms. The van der Waals surface area contributed by atoms with Crippen LogP contribution >= 0.6 is 38.9 Å². The van der Waals surface area contributed by atoms with Crippen LogP contribution in [0.1, 0.15) is 24.1 Å². The number of unbranched alkanes of at least 4 members (excludes halogenated alkanes) is 2. The molecule has 0 unspecified atom stereocenters. The molecule has 1 nitrogen and oxygen atoms in total. The summed E-state index contributed by atoms with van der Waals surface area (Å²) in [6.45, 7) is 2.21. The van der Waals surface area contributed by atoms with E-state index in [0.29, 0.717) is 0 Å². The van der Waals surface area contributed by atoms with E-state index in [-0.39, 0.29) is 0 Å². The Morgan fingerprint density at radius 1 is 1.33 bits per heavy atom. The molecule has 0 bridgehead atoms. The van der Waals surface area contributed by atoms with E-state index in [1.165, 1.54) is 21.5 Å². The lowest BCUT2D eigenvalue weighted by molar-refractivity contribution is 0.321. The molecule has 0 aliphatic carbocycles. The fourth-order valence-electron chi connectivity index (χ4n) is 1.43. The summed E-state index contributed by atoms with van der Waals surface area (Å²) in [6, 6.07) is 4.30. The van der Waals surface area contributed by atoms with Gasteiger partial charge in [0, 0.05) is 17.3 Å². The first kappa shape index (κ1) is 13.5. The number of nitrogens with zero attached hydrogens (tertiary/aromatic N) is 1. The highest BCUT2D eigenvalue weighted by atomic mass is 79.9. The van der Waals surface area contributed by atoms with E-state index in [1.807, 2.05) is 11.3 Å². The van der Waals surface area contributed by atoms with Crippen LogP contribution < -0.4 is 0 Å². The molecule has 1 aromatic rings. The molecule has 0 amide bonds. The van der Waals surface area contributed by atoms with Crippen molar-refractivity contribution in [3.05, 3.63) is 20.8 Å². The summed E-state index contributed by atoms with van der Waals surface area (Å²) in [4.78, 5) is 3.79. The first-order chi connectivity index (χ1) is 7.22. The van der Waals surface area contributed by atoms with E-state index in [9.17, 15) is 0 Å². The van der Waals surface area contributed by atoms with Gasteiger partial charge in [0.2, 0.25) is 0 Å². The lowest BCUT2D eigenvalue weighted by atomic mass is 10.2. The summed E-state index contributed by atoms with van der Waals surface area (Å²) in [5.41, 5.74) is 0. The molecule has 0 saturated heterocycles. The second-order valence-corrected chi connectivity index (χ2v) is 6.62. The van der Waals surface area contributed by atoms with Crippen molar-refractivity contribution in [1.82, 2.24) is 4.90 Å². The molecule has 0 spiro atoms. The highest BCUT2D eigenvalue weighted by molar-refractivity contribution is 9.11. The van der Waals surface area contributed by atoms with Crippen LogP contribution in [-0.2, 0) is 6.54 Å². The Kier molecular flexibility index (Phi) is 6.89. The Morgan fingerprint density at radius 3 is 2.73 bits per heavy atom. The zero-order valence-electron chi connectivity index (χ0n) is 9.01. The van der Waals surface area contributed by atoms with Gasteiger partial charge in [0.25, 0.3) is 0 Å². The third kappa shape index (κ3) is 5.91. The third-order valence-corrected chi connectivity index (χ3v) is 4.10. The van der Waals surface area contributed by atoms with E-state index < -0.39 is 0 Å². The number of rotatable bonds is 7. The maximum Gasteiger partial charge on any atom is 0.0701 e. The topological polar surface area (TPSA) is 3.24 Å². The Bertz CT molecular complexity index is 277. The van der Waals surface area contributed by atoms with E-state index in [4.69, 9.17) is 11.6 Å². The van der Waals surface area contributed by atoms with Gasteiger partial charge in [-0.15, -0.1) is 22.9 Å². The Labute approximate surface area is 110 Å². The second kappa shape index (κ2) is 7.66. The maximum absolute atomic E-state index is 5.63. The van der Waals surface area contributed by atoms with Crippen LogP contribution in [0.4, 0.5) is 0 Å². The molecular formula is C11H17BrClNS. The Balaban J connectivity index is 2.15. The van der Waals surface area contributed by atoms with Gasteiger partial charge >= 0.3 is 0 Å². The van der Waals surface area contributed by atoms with Gasteiger partial charge in [0.05, 0.1) is 3.79 Å². The van der Waals surface area contributed by atoms with Crippen LogP contribution in [0, 0.1) is 0 Å². The van der Waals surface area contributed by atoms with Crippen molar-refractivity contribution < 1.29 is 0 Å². The van der Waals surface area contributed by atoms with E-state index in [0.717, 1.165) is 25.4 Å². The number of thiophene rings is 1. The zero-order chi connectivity index (χ0) is 11.1. The largest absolute Gasteiger partial charge is 0.301 e. The van der Waals surface area contributed by atoms with Gasteiger partial charge in [-0.05, 0) is 54.5 Å². The predicted octanol–water partition coefficient (Wildman–Crippen LogP) is 4.35. The van der Waals surface area contributed by atoms with E-state index in [2.05, 4.69) is 40.0 Å². The highest BCUT2D eigenvalue weighted by Crippen LogP contribution is 2.22. The number of hydrogen-bond acceptors (Lipinski definition) is 2. The molecule has 0 aliphatic rings. The van der Waals surface area contributed by atoms with Gasteiger partial charge in [-0.2, -0.15) is 0 Å². The molecular weight excluding hydrogens is 294 g/mol. The van der Waals surface area contributed by atoms with Crippen molar-refractivity contribution in [3.8, 4) is 0 Å². The molecule has 0 radical (unpaired) electrons. The van der Waals surface area contributed by atoms with Crippen LogP contribution in [0.2, 0.25) is 0 Å². The molecule has 0 aromatic carbocycles. The smallest absolute Gasteiger partial charge is 0.0701 e. The number of alkyl halides is 1. The van der Waals surface area contributed by atoms with Gasteiger partial charge in [-0.1, -0.05) is 6.42 Å². The molecule has 1 heterocycles. The normalized spacial score (nSPS) is 11.2. The van der Waals surface area contributed by atoms with E-state index >= 15 is 0 Å². The van der Waals surface area contributed by atoms with Crippen LogP contribution in [-0.4, -0.2) is 24.4 Å². The Morgan fingerprint density at radius 2 is 2.13 bits per heavy atom. The summed E-state index contributed by atoms with van der Waals surface area (Å²) in [7, 11) is 2.17. The Hall–Kier alpha value is 0.430. The summed E-state index contributed by atoms with van der Waals surface area (Å²) >= 11 is 10.9. The van der Waals surface area contributed by atoms with Gasteiger partial charge in [0.15, 0.2) is 0 Å². The van der Waals surface area contributed by atoms with Crippen LogP contribution in [0.3, 0.4) is 0 Å². The molecule has 1 rings (SSSR count). The van der Waals surface area contributed by atoms with Crippen molar-refractivity contribution in [2.45, 2.75) is 25.8 Å². The maximum atomic E-state index is 5.63. The molecule has 0 fully saturated rings. The molecule has 0 saturated carbocycles. The minimum atomic E-state index is 0.793. The standard InChI is InChI=1S/C11H17BrClNS/c1-14(8-4-2-3-7-13)9-10-5-6-11(12)15-10/h5-6H,2-4,7-9H2,1H3. The van der Waals surface area contributed by atoms with Crippen molar-refractivity contribution in [1.29, 1.82) is 0 Å². The van der Waals surface area contributed by atoms with E-state index in [1.54, 1.807) is 0 Å². The minimum Gasteiger partial charge on any atom is -0.301 e. The van der Waals surface area contributed by atoms with Gasteiger partial charge in [0.1, 0.15) is 0 Å². The molecule has 86 valence electrons. The summed E-state index contributed by atoms with van der Waals surface area (Å²) in [5, 5.41) is 0. The summed E-state index contributed by atoms with van der Waals surface area (Å²) < 4.78 is 1.22. The molecule has 0 aliphatic heterocycles. The van der Waals surface area contributed by atoms with Crippen molar-refractivity contribution in [2.75, 3.05) is 19.5 Å². The van der Waals surface area contributed by atoms with Crippen LogP contribution in [0.25, 0.3) is 0 Å². The minimum absolute atomic E-state index is 0.793. The monoisotopic (exact) mass is 309 g/mol.